The van der Waals surface area contributed by atoms with Gasteiger partial charge in [-0.05, 0) is 53.9 Å². The lowest BCUT2D eigenvalue weighted by atomic mass is 10.1. The van der Waals surface area contributed by atoms with Crippen LogP contribution in [-0.4, -0.2) is 10.1 Å². The zero-order valence-electron chi connectivity index (χ0n) is 9.47. The summed E-state index contributed by atoms with van der Waals surface area (Å²) in [6.45, 7) is 6.05. The number of aromatic amines is 1. The molecular formula is C12H14BrNO2. The van der Waals surface area contributed by atoms with Crippen molar-refractivity contribution in [2.24, 2.45) is 0 Å². The molecule has 0 aromatic carbocycles. The number of nitrogens with one attached hydrogen (secondary N) is 1. The summed E-state index contributed by atoms with van der Waals surface area (Å²) in [4.78, 5) is 3.22. The fourth-order valence-electron chi connectivity index (χ4n) is 1.80. The van der Waals surface area contributed by atoms with Gasteiger partial charge >= 0.3 is 0 Å². The number of halogens is 1. The largest absolute Gasteiger partial charge is 0.457 e. The Hall–Kier alpha value is -1.00. The molecule has 0 fully saturated rings. The van der Waals surface area contributed by atoms with Gasteiger partial charge in [0.15, 0.2) is 4.67 Å². The van der Waals surface area contributed by atoms with Crippen molar-refractivity contribution in [2.75, 3.05) is 0 Å². The van der Waals surface area contributed by atoms with Gasteiger partial charge in [0.1, 0.15) is 6.10 Å². The first-order chi connectivity index (χ1) is 7.52. The third-order valence-corrected chi connectivity index (χ3v) is 3.71. The molecule has 0 saturated heterocycles. The van der Waals surface area contributed by atoms with E-state index in [-0.39, 0.29) is 0 Å². The molecule has 0 bridgehead atoms. The lowest BCUT2D eigenvalue weighted by Crippen LogP contribution is -2.01. The van der Waals surface area contributed by atoms with Crippen LogP contribution < -0.4 is 0 Å². The van der Waals surface area contributed by atoms with Crippen LogP contribution in [0.2, 0.25) is 0 Å². The Morgan fingerprint density at radius 1 is 1.31 bits per heavy atom. The highest BCUT2D eigenvalue weighted by Gasteiger charge is 2.20. The van der Waals surface area contributed by atoms with E-state index < -0.39 is 6.10 Å². The van der Waals surface area contributed by atoms with E-state index in [0.29, 0.717) is 4.67 Å². The van der Waals surface area contributed by atoms with Gasteiger partial charge < -0.3 is 14.5 Å². The number of aliphatic hydroxyl groups excluding tert-OH is 1. The number of aliphatic hydroxyl groups is 1. The van der Waals surface area contributed by atoms with Gasteiger partial charge in [0.25, 0.3) is 0 Å². The molecule has 16 heavy (non-hydrogen) atoms. The smallest absolute Gasteiger partial charge is 0.175 e. The Labute approximate surface area is 103 Å². The predicted molar refractivity (Wildman–Crippen MR) is 65.5 cm³/mol. The van der Waals surface area contributed by atoms with Crippen molar-refractivity contribution in [3.63, 3.8) is 0 Å². The first-order valence-corrected chi connectivity index (χ1v) is 5.88. The van der Waals surface area contributed by atoms with Crippen LogP contribution in [0, 0.1) is 20.8 Å². The van der Waals surface area contributed by atoms with Crippen LogP contribution in [0.15, 0.2) is 21.4 Å². The van der Waals surface area contributed by atoms with Crippen LogP contribution >= 0.6 is 15.9 Å². The molecule has 2 rings (SSSR count). The van der Waals surface area contributed by atoms with Gasteiger partial charge in [0.05, 0.1) is 12.0 Å². The lowest BCUT2D eigenvalue weighted by Gasteiger charge is -2.09. The van der Waals surface area contributed by atoms with E-state index in [1.165, 1.54) is 5.56 Å². The Bertz CT molecular complexity index is 513. The number of H-pyrrole nitrogens is 1. The highest BCUT2D eigenvalue weighted by atomic mass is 79.9. The van der Waals surface area contributed by atoms with E-state index in [0.717, 1.165) is 22.5 Å². The molecule has 1 atom stereocenters. The monoisotopic (exact) mass is 283 g/mol. The summed E-state index contributed by atoms with van der Waals surface area (Å²) >= 11 is 3.27. The molecule has 2 aromatic rings. The molecule has 0 aliphatic carbocycles. The van der Waals surface area contributed by atoms with Gasteiger partial charge in [0.2, 0.25) is 0 Å². The molecule has 3 nitrogen and oxygen atoms in total. The second-order valence-electron chi connectivity index (χ2n) is 3.97. The molecular weight excluding hydrogens is 270 g/mol. The third kappa shape index (κ3) is 1.72. The quantitative estimate of drug-likeness (QED) is 0.888. The van der Waals surface area contributed by atoms with Gasteiger partial charge in [0, 0.05) is 11.3 Å². The topological polar surface area (TPSA) is 49.2 Å². The Morgan fingerprint density at radius 2 is 2.00 bits per heavy atom. The number of hydrogen-bond donors (Lipinski definition) is 2. The van der Waals surface area contributed by atoms with Crippen LogP contribution in [-0.2, 0) is 0 Å². The van der Waals surface area contributed by atoms with Crippen molar-refractivity contribution < 1.29 is 9.52 Å². The van der Waals surface area contributed by atoms with E-state index in [4.69, 9.17) is 4.42 Å². The van der Waals surface area contributed by atoms with Crippen LogP contribution in [0.1, 0.15) is 34.2 Å². The van der Waals surface area contributed by atoms with E-state index in [1.54, 1.807) is 12.3 Å². The lowest BCUT2D eigenvalue weighted by molar-refractivity contribution is 0.213. The first-order valence-electron chi connectivity index (χ1n) is 5.09. The highest BCUT2D eigenvalue weighted by Crippen LogP contribution is 2.32. The second-order valence-corrected chi connectivity index (χ2v) is 4.69. The van der Waals surface area contributed by atoms with Crippen molar-refractivity contribution in [3.05, 3.63) is 45.1 Å². The van der Waals surface area contributed by atoms with Gasteiger partial charge in [-0.25, -0.2) is 0 Å². The molecule has 2 heterocycles. The summed E-state index contributed by atoms with van der Waals surface area (Å²) in [5.74, 6) is 0. The van der Waals surface area contributed by atoms with E-state index >= 15 is 0 Å². The SMILES string of the molecule is Cc1[nH]c(C(O)c2ccoc2Br)c(C)c1C. The molecule has 86 valence electrons. The number of rotatable bonds is 2. The summed E-state index contributed by atoms with van der Waals surface area (Å²) in [5.41, 5.74) is 4.94. The van der Waals surface area contributed by atoms with E-state index in [2.05, 4.69) is 20.9 Å². The molecule has 0 radical (unpaired) electrons. The third-order valence-electron chi connectivity index (χ3n) is 3.07. The minimum absolute atomic E-state index is 0.573. The highest BCUT2D eigenvalue weighted by molar-refractivity contribution is 9.10. The maximum atomic E-state index is 10.3. The van der Waals surface area contributed by atoms with Crippen molar-refractivity contribution in [3.8, 4) is 0 Å². The molecule has 1 unspecified atom stereocenters. The Balaban J connectivity index is 2.45. The summed E-state index contributed by atoms with van der Waals surface area (Å²) in [7, 11) is 0. The van der Waals surface area contributed by atoms with Crippen molar-refractivity contribution in [1.82, 2.24) is 4.98 Å². The van der Waals surface area contributed by atoms with E-state index in [9.17, 15) is 5.11 Å². The van der Waals surface area contributed by atoms with Gasteiger partial charge in [-0.15, -0.1) is 0 Å². The molecule has 2 aromatic heterocycles. The molecule has 0 spiro atoms. The predicted octanol–water partition coefficient (Wildman–Crippen LogP) is 3.38. The zero-order valence-corrected chi connectivity index (χ0v) is 11.1. The summed E-state index contributed by atoms with van der Waals surface area (Å²) in [6, 6.07) is 1.76. The van der Waals surface area contributed by atoms with Crippen molar-refractivity contribution >= 4 is 15.9 Å². The maximum absolute atomic E-state index is 10.3. The van der Waals surface area contributed by atoms with Crippen molar-refractivity contribution in [2.45, 2.75) is 26.9 Å². The van der Waals surface area contributed by atoms with E-state index in [1.807, 2.05) is 20.8 Å². The Morgan fingerprint density at radius 3 is 2.44 bits per heavy atom. The van der Waals surface area contributed by atoms with Gasteiger partial charge in [-0.2, -0.15) is 0 Å². The number of hydrogen-bond acceptors (Lipinski definition) is 2. The fourth-order valence-corrected chi connectivity index (χ4v) is 2.26. The molecule has 0 aliphatic heterocycles. The average Bonchev–Trinajstić information content (AvgIpc) is 2.77. The van der Waals surface area contributed by atoms with Crippen molar-refractivity contribution in [1.29, 1.82) is 0 Å². The summed E-state index contributed by atoms with van der Waals surface area (Å²) in [5, 5.41) is 10.3. The molecule has 2 N–H and O–H groups in total. The van der Waals surface area contributed by atoms with Crippen LogP contribution in [0.4, 0.5) is 0 Å². The molecule has 0 amide bonds. The minimum atomic E-state index is -0.680. The number of aromatic nitrogens is 1. The fraction of sp³-hybridized carbons (Fsp3) is 0.333. The van der Waals surface area contributed by atoms with Crippen LogP contribution in [0.25, 0.3) is 0 Å². The molecule has 0 aliphatic rings. The number of aryl methyl sites for hydroxylation is 1. The molecule has 4 heteroatoms. The second kappa shape index (κ2) is 4.11. The molecule has 0 saturated carbocycles. The average molecular weight is 284 g/mol. The minimum Gasteiger partial charge on any atom is -0.457 e. The number of furan rings is 1. The summed E-state index contributed by atoms with van der Waals surface area (Å²) < 4.78 is 5.70. The zero-order chi connectivity index (χ0) is 11.9. The van der Waals surface area contributed by atoms with Gasteiger partial charge in [-0.1, -0.05) is 0 Å². The standard InChI is InChI=1S/C12H14BrNO2/c1-6-7(2)10(14-8(6)3)11(15)9-4-5-16-12(9)13/h4-5,11,14-15H,1-3H3. The maximum Gasteiger partial charge on any atom is 0.175 e. The normalized spacial score (nSPS) is 13.1. The summed E-state index contributed by atoms with van der Waals surface area (Å²) in [6.07, 6.45) is 0.876. The van der Waals surface area contributed by atoms with Crippen LogP contribution in [0.3, 0.4) is 0 Å². The van der Waals surface area contributed by atoms with Gasteiger partial charge in [-0.3, -0.25) is 0 Å². The first kappa shape index (κ1) is 11.5. The van der Waals surface area contributed by atoms with Crippen LogP contribution in [0.5, 0.6) is 0 Å². The Kier molecular flexibility index (Phi) is 2.95.